The van der Waals surface area contributed by atoms with Crippen molar-refractivity contribution in [2.75, 3.05) is 0 Å². The predicted molar refractivity (Wildman–Crippen MR) is 69.3 cm³/mol. The lowest BCUT2D eigenvalue weighted by atomic mass is 9.89. The molecule has 3 rings (SSSR count). The first-order valence-corrected chi connectivity index (χ1v) is 6.74. The average molecular weight is 228 g/mol. The van der Waals surface area contributed by atoms with Crippen molar-refractivity contribution in [1.82, 2.24) is 0 Å². The van der Waals surface area contributed by atoms with Gasteiger partial charge in [0.1, 0.15) is 0 Å². The molecule has 0 N–H and O–H groups in total. The van der Waals surface area contributed by atoms with Gasteiger partial charge in [-0.05, 0) is 54.7 Å². The van der Waals surface area contributed by atoms with Gasteiger partial charge in [-0.25, -0.2) is 0 Å². The Morgan fingerprint density at radius 3 is 2.47 bits per heavy atom. The topological polar surface area (TPSA) is 17.1 Å². The molecule has 1 aromatic carbocycles. The number of ketones is 1. The monoisotopic (exact) mass is 228 g/mol. The molecule has 1 saturated carbocycles. The van der Waals surface area contributed by atoms with Crippen LogP contribution in [0.3, 0.4) is 0 Å². The molecule has 0 radical (unpaired) electrons. The standard InChI is InChI=1S/C16H20O/c1-16(2)10-14(16)15(17)13-8-7-11-5-3-4-6-12(11)9-13/h7-9,14H,3-6,10H2,1-2H3. The summed E-state index contributed by atoms with van der Waals surface area (Å²) in [6.07, 6.45) is 5.99. The van der Waals surface area contributed by atoms with Crippen molar-refractivity contribution in [3.63, 3.8) is 0 Å². The molecule has 2 aliphatic rings. The SMILES string of the molecule is CC1(C)CC1C(=O)c1ccc2c(c1)CCCC2. The van der Waals surface area contributed by atoms with Crippen LogP contribution in [0.25, 0.3) is 0 Å². The molecule has 2 aliphatic carbocycles. The number of hydrogen-bond acceptors (Lipinski definition) is 1. The van der Waals surface area contributed by atoms with Gasteiger partial charge in [0.05, 0.1) is 0 Å². The Balaban J connectivity index is 1.87. The van der Waals surface area contributed by atoms with Crippen LogP contribution >= 0.6 is 0 Å². The third-order valence-corrected chi connectivity index (χ3v) is 4.46. The van der Waals surface area contributed by atoms with Gasteiger partial charge in [-0.15, -0.1) is 0 Å². The molecule has 1 heteroatoms. The molecule has 0 aromatic heterocycles. The van der Waals surface area contributed by atoms with Crippen LogP contribution < -0.4 is 0 Å². The van der Waals surface area contributed by atoms with Crippen LogP contribution in [0.5, 0.6) is 0 Å². The zero-order valence-electron chi connectivity index (χ0n) is 10.8. The fraction of sp³-hybridized carbons (Fsp3) is 0.562. The van der Waals surface area contributed by atoms with Gasteiger partial charge in [0.25, 0.3) is 0 Å². The highest BCUT2D eigenvalue weighted by atomic mass is 16.1. The molecule has 0 bridgehead atoms. The van der Waals surface area contributed by atoms with Crippen LogP contribution in [0.1, 0.15) is 54.6 Å². The van der Waals surface area contributed by atoms with E-state index in [1.54, 1.807) is 0 Å². The van der Waals surface area contributed by atoms with E-state index >= 15 is 0 Å². The van der Waals surface area contributed by atoms with E-state index in [1.807, 2.05) is 6.07 Å². The molecular formula is C16H20O. The summed E-state index contributed by atoms with van der Waals surface area (Å²) in [5, 5.41) is 0. The Hall–Kier alpha value is -1.11. The van der Waals surface area contributed by atoms with Gasteiger partial charge >= 0.3 is 0 Å². The molecule has 1 aromatic rings. The minimum Gasteiger partial charge on any atom is -0.294 e. The first-order valence-electron chi connectivity index (χ1n) is 6.74. The Bertz CT molecular complexity index is 470. The average Bonchev–Trinajstić information content (AvgIpc) is 2.97. The first kappa shape index (κ1) is 11.0. The Labute approximate surface area is 103 Å². The van der Waals surface area contributed by atoms with Crippen molar-refractivity contribution in [1.29, 1.82) is 0 Å². The zero-order valence-corrected chi connectivity index (χ0v) is 10.8. The molecule has 1 fully saturated rings. The maximum Gasteiger partial charge on any atom is 0.166 e. The number of Topliss-reactive ketones (excluding diaryl/α,β-unsaturated/α-hetero) is 1. The fourth-order valence-electron chi connectivity index (χ4n) is 3.00. The Morgan fingerprint density at radius 2 is 1.82 bits per heavy atom. The van der Waals surface area contributed by atoms with Gasteiger partial charge in [0, 0.05) is 11.5 Å². The summed E-state index contributed by atoms with van der Waals surface area (Å²) >= 11 is 0. The lowest BCUT2D eigenvalue weighted by Gasteiger charge is -2.16. The number of benzene rings is 1. The van der Waals surface area contributed by atoms with Crippen LogP contribution in [-0.4, -0.2) is 5.78 Å². The molecule has 17 heavy (non-hydrogen) atoms. The molecule has 0 aliphatic heterocycles. The van der Waals surface area contributed by atoms with E-state index in [2.05, 4.69) is 26.0 Å². The van der Waals surface area contributed by atoms with Gasteiger partial charge in [-0.3, -0.25) is 4.79 Å². The summed E-state index contributed by atoms with van der Waals surface area (Å²) in [6, 6.07) is 6.38. The minimum absolute atomic E-state index is 0.243. The molecule has 0 saturated heterocycles. The van der Waals surface area contributed by atoms with Crippen LogP contribution in [0.2, 0.25) is 0 Å². The fourth-order valence-corrected chi connectivity index (χ4v) is 3.00. The molecule has 1 nitrogen and oxygen atoms in total. The van der Waals surface area contributed by atoms with Gasteiger partial charge in [0.15, 0.2) is 5.78 Å². The third-order valence-electron chi connectivity index (χ3n) is 4.46. The maximum absolute atomic E-state index is 12.3. The van der Waals surface area contributed by atoms with Crippen LogP contribution in [-0.2, 0) is 12.8 Å². The van der Waals surface area contributed by atoms with Gasteiger partial charge in [-0.2, -0.15) is 0 Å². The van der Waals surface area contributed by atoms with Crippen molar-refractivity contribution < 1.29 is 4.79 Å². The molecule has 0 amide bonds. The van der Waals surface area contributed by atoms with E-state index in [-0.39, 0.29) is 11.3 Å². The highest BCUT2D eigenvalue weighted by molar-refractivity contribution is 6.00. The molecule has 1 unspecified atom stereocenters. The largest absolute Gasteiger partial charge is 0.294 e. The van der Waals surface area contributed by atoms with E-state index < -0.39 is 0 Å². The second-order valence-corrected chi connectivity index (χ2v) is 6.30. The van der Waals surface area contributed by atoms with Gasteiger partial charge in [-0.1, -0.05) is 26.0 Å². The minimum atomic E-state index is 0.243. The lowest BCUT2D eigenvalue weighted by Crippen LogP contribution is -2.09. The normalized spacial score (nSPS) is 25.2. The van der Waals surface area contributed by atoms with Crippen molar-refractivity contribution >= 4 is 5.78 Å². The first-order chi connectivity index (χ1) is 8.08. The van der Waals surface area contributed by atoms with Crippen LogP contribution in [0.4, 0.5) is 0 Å². The highest BCUT2D eigenvalue weighted by Crippen LogP contribution is 2.53. The summed E-state index contributed by atoms with van der Waals surface area (Å²) < 4.78 is 0. The molecule has 1 atom stereocenters. The van der Waals surface area contributed by atoms with Crippen molar-refractivity contribution in [2.24, 2.45) is 11.3 Å². The quantitative estimate of drug-likeness (QED) is 0.704. The second-order valence-electron chi connectivity index (χ2n) is 6.30. The predicted octanol–water partition coefficient (Wildman–Crippen LogP) is 3.79. The highest BCUT2D eigenvalue weighted by Gasteiger charge is 2.50. The number of carbonyl (C=O) groups is 1. The molecular weight excluding hydrogens is 208 g/mol. The lowest BCUT2D eigenvalue weighted by molar-refractivity contribution is 0.0953. The second kappa shape index (κ2) is 3.69. The maximum atomic E-state index is 12.3. The van der Waals surface area contributed by atoms with Crippen molar-refractivity contribution in [2.45, 2.75) is 46.0 Å². The van der Waals surface area contributed by atoms with E-state index in [9.17, 15) is 4.79 Å². The summed E-state index contributed by atoms with van der Waals surface area (Å²) in [5.74, 6) is 0.632. The van der Waals surface area contributed by atoms with E-state index in [1.165, 1.54) is 30.4 Å². The smallest absolute Gasteiger partial charge is 0.166 e. The third kappa shape index (κ3) is 1.92. The molecule has 0 heterocycles. The van der Waals surface area contributed by atoms with Crippen LogP contribution in [0.15, 0.2) is 18.2 Å². The van der Waals surface area contributed by atoms with E-state index in [0.717, 1.165) is 18.4 Å². The van der Waals surface area contributed by atoms with Gasteiger partial charge < -0.3 is 0 Å². The molecule has 90 valence electrons. The summed E-state index contributed by atoms with van der Waals surface area (Å²) in [7, 11) is 0. The van der Waals surface area contributed by atoms with E-state index in [4.69, 9.17) is 0 Å². The van der Waals surface area contributed by atoms with Gasteiger partial charge in [0.2, 0.25) is 0 Å². The number of fused-ring (bicyclic) bond motifs is 1. The van der Waals surface area contributed by atoms with Crippen molar-refractivity contribution in [3.8, 4) is 0 Å². The number of hydrogen-bond donors (Lipinski definition) is 0. The number of aryl methyl sites for hydroxylation is 2. The Morgan fingerprint density at radius 1 is 1.18 bits per heavy atom. The van der Waals surface area contributed by atoms with Crippen molar-refractivity contribution in [3.05, 3.63) is 34.9 Å². The number of rotatable bonds is 2. The summed E-state index contributed by atoms with van der Waals surface area (Å²) in [4.78, 5) is 12.3. The van der Waals surface area contributed by atoms with Crippen LogP contribution in [0, 0.1) is 11.3 Å². The summed E-state index contributed by atoms with van der Waals surface area (Å²) in [6.45, 7) is 4.38. The van der Waals surface area contributed by atoms with E-state index in [0.29, 0.717) is 5.78 Å². The number of carbonyl (C=O) groups excluding carboxylic acids is 1. The zero-order chi connectivity index (χ0) is 12.0. The molecule has 0 spiro atoms. The Kier molecular flexibility index (Phi) is 2.39. The summed E-state index contributed by atoms with van der Waals surface area (Å²) in [5.41, 5.74) is 4.07.